The first kappa shape index (κ1) is 14.6. The number of halogens is 1. The molecule has 1 unspecified atom stereocenters. The number of nitrogens with zero attached hydrogens (tertiary/aromatic N) is 4. The van der Waals surface area contributed by atoms with Crippen LogP contribution in [0.2, 0.25) is 5.02 Å². The number of rotatable bonds is 5. The first-order chi connectivity index (χ1) is 10.6. The zero-order valence-electron chi connectivity index (χ0n) is 11.6. The van der Waals surface area contributed by atoms with Gasteiger partial charge in [0.15, 0.2) is 11.5 Å². The minimum atomic E-state index is -0.745. The number of ether oxygens (including phenoxy) is 1. The quantitative estimate of drug-likeness (QED) is 0.739. The number of imidazole rings is 1. The van der Waals surface area contributed by atoms with Crippen LogP contribution < -0.4 is 10.5 Å². The Morgan fingerprint density at radius 3 is 2.91 bits per heavy atom. The predicted octanol–water partition coefficient (Wildman–Crippen LogP) is 1.50. The van der Waals surface area contributed by atoms with Gasteiger partial charge in [-0.3, -0.25) is 0 Å². The van der Waals surface area contributed by atoms with Gasteiger partial charge < -0.3 is 20.1 Å². The molecule has 3 rings (SSSR count). The smallest absolute Gasteiger partial charge is 0.165 e. The Hall–Kier alpha value is -2.38. The van der Waals surface area contributed by atoms with Gasteiger partial charge in [0.25, 0.3) is 0 Å². The monoisotopic (exact) mass is 319 g/mol. The first-order valence-electron chi connectivity index (χ1n) is 6.62. The first-order valence-corrected chi connectivity index (χ1v) is 6.99. The van der Waals surface area contributed by atoms with Crippen molar-refractivity contribution in [3.05, 3.63) is 41.9 Å². The highest BCUT2D eigenvalue weighted by molar-refractivity contribution is 6.32. The molecule has 0 fully saturated rings. The van der Waals surface area contributed by atoms with E-state index in [2.05, 4.69) is 15.0 Å². The van der Waals surface area contributed by atoms with Crippen molar-refractivity contribution in [2.24, 2.45) is 0 Å². The lowest BCUT2D eigenvalue weighted by atomic mass is 10.3. The fraction of sp³-hybridized carbons (Fsp3) is 0.214. The topological polar surface area (TPSA) is 99.1 Å². The molecule has 1 aromatic carbocycles. The Morgan fingerprint density at radius 2 is 2.09 bits per heavy atom. The van der Waals surface area contributed by atoms with Crippen molar-refractivity contribution >= 4 is 28.6 Å². The van der Waals surface area contributed by atoms with E-state index < -0.39 is 6.10 Å². The fourth-order valence-corrected chi connectivity index (χ4v) is 2.25. The number of anilines is 1. The van der Waals surface area contributed by atoms with Gasteiger partial charge in [-0.1, -0.05) is 23.7 Å². The molecule has 8 heteroatoms. The molecule has 0 bridgehead atoms. The van der Waals surface area contributed by atoms with Crippen LogP contribution in [0, 0.1) is 0 Å². The Labute approximate surface area is 131 Å². The number of fused-ring (bicyclic) bond motifs is 1. The minimum absolute atomic E-state index is 0.101. The van der Waals surface area contributed by atoms with Crippen LogP contribution in [-0.4, -0.2) is 37.3 Å². The summed E-state index contributed by atoms with van der Waals surface area (Å²) in [5, 5.41) is 10.6. The summed E-state index contributed by atoms with van der Waals surface area (Å²) in [4.78, 5) is 12.1. The van der Waals surface area contributed by atoms with Crippen LogP contribution in [0.1, 0.15) is 0 Å². The van der Waals surface area contributed by atoms with Crippen LogP contribution >= 0.6 is 11.6 Å². The van der Waals surface area contributed by atoms with Gasteiger partial charge in [-0.25, -0.2) is 15.0 Å². The zero-order chi connectivity index (χ0) is 15.5. The molecule has 3 aromatic rings. The summed E-state index contributed by atoms with van der Waals surface area (Å²) in [6.07, 6.45) is 2.18. The second-order valence-electron chi connectivity index (χ2n) is 4.72. The fourth-order valence-electron chi connectivity index (χ4n) is 2.06. The maximum absolute atomic E-state index is 10.1. The van der Waals surface area contributed by atoms with E-state index in [1.54, 1.807) is 23.0 Å². The lowest BCUT2D eigenvalue weighted by Crippen LogP contribution is -2.23. The predicted molar refractivity (Wildman–Crippen MR) is 82.7 cm³/mol. The molecule has 7 nitrogen and oxygen atoms in total. The van der Waals surface area contributed by atoms with E-state index in [0.29, 0.717) is 27.8 Å². The molecule has 0 saturated heterocycles. The number of aliphatic hydroxyl groups is 1. The Bertz CT molecular complexity index is 792. The van der Waals surface area contributed by atoms with Gasteiger partial charge >= 0.3 is 0 Å². The molecule has 0 amide bonds. The summed E-state index contributed by atoms with van der Waals surface area (Å²) in [6.45, 7) is 0.376. The summed E-state index contributed by atoms with van der Waals surface area (Å²) in [6, 6.07) is 7.10. The number of aliphatic hydroxyl groups excluding tert-OH is 1. The van der Waals surface area contributed by atoms with Gasteiger partial charge in [0.05, 0.1) is 17.9 Å². The van der Waals surface area contributed by atoms with Crippen LogP contribution in [0.5, 0.6) is 5.75 Å². The maximum atomic E-state index is 10.1. The van der Waals surface area contributed by atoms with Crippen molar-refractivity contribution in [3.8, 4) is 5.75 Å². The van der Waals surface area contributed by atoms with Crippen molar-refractivity contribution in [2.75, 3.05) is 12.3 Å². The van der Waals surface area contributed by atoms with E-state index in [9.17, 15) is 5.11 Å². The van der Waals surface area contributed by atoms with Crippen molar-refractivity contribution in [3.63, 3.8) is 0 Å². The van der Waals surface area contributed by atoms with E-state index in [4.69, 9.17) is 22.1 Å². The molecule has 2 aromatic heterocycles. The van der Waals surface area contributed by atoms with Crippen LogP contribution in [0.25, 0.3) is 11.2 Å². The summed E-state index contributed by atoms with van der Waals surface area (Å²) in [7, 11) is 0. The lowest BCUT2D eigenvalue weighted by Gasteiger charge is -2.14. The second kappa shape index (κ2) is 6.17. The van der Waals surface area contributed by atoms with Gasteiger partial charge in [-0.2, -0.15) is 0 Å². The summed E-state index contributed by atoms with van der Waals surface area (Å²) in [5.41, 5.74) is 6.81. The molecule has 0 saturated carbocycles. The van der Waals surface area contributed by atoms with Gasteiger partial charge in [0, 0.05) is 0 Å². The Balaban J connectivity index is 1.67. The Morgan fingerprint density at radius 1 is 1.27 bits per heavy atom. The normalized spacial score (nSPS) is 12.5. The van der Waals surface area contributed by atoms with Gasteiger partial charge in [-0.05, 0) is 12.1 Å². The third-order valence-corrected chi connectivity index (χ3v) is 3.42. The van der Waals surface area contributed by atoms with Gasteiger partial charge in [0.2, 0.25) is 0 Å². The molecule has 3 N–H and O–H groups in total. The van der Waals surface area contributed by atoms with E-state index in [1.807, 2.05) is 12.1 Å². The van der Waals surface area contributed by atoms with E-state index >= 15 is 0 Å². The summed E-state index contributed by atoms with van der Waals surface area (Å²) in [5.74, 6) is 0.843. The number of para-hydroxylation sites is 1. The Kier molecular flexibility index (Phi) is 4.08. The SMILES string of the molecule is Nc1ncnc2c1ncn2CC(O)COc1ccccc1Cl. The molecule has 22 heavy (non-hydrogen) atoms. The van der Waals surface area contributed by atoms with Crippen molar-refractivity contribution < 1.29 is 9.84 Å². The van der Waals surface area contributed by atoms with Crippen LogP contribution in [0.3, 0.4) is 0 Å². The molecule has 2 heterocycles. The third kappa shape index (κ3) is 2.95. The maximum Gasteiger partial charge on any atom is 0.165 e. The molecule has 0 spiro atoms. The molecule has 1 atom stereocenters. The molecule has 114 valence electrons. The van der Waals surface area contributed by atoms with Crippen molar-refractivity contribution in [2.45, 2.75) is 12.6 Å². The average Bonchev–Trinajstić information content (AvgIpc) is 2.91. The van der Waals surface area contributed by atoms with Crippen molar-refractivity contribution in [1.29, 1.82) is 0 Å². The number of nitrogens with two attached hydrogens (primary N) is 1. The molecular formula is C14H14ClN5O2. The van der Waals surface area contributed by atoms with Crippen LogP contribution in [0.15, 0.2) is 36.9 Å². The molecule has 0 radical (unpaired) electrons. The minimum Gasteiger partial charge on any atom is -0.489 e. The lowest BCUT2D eigenvalue weighted by molar-refractivity contribution is 0.0933. The molecule has 0 aliphatic carbocycles. The highest BCUT2D eigenvalue weighted by atomic mass is 35.5. The number of hydrogen-bond donors (Lipinski definition) is 2. The van der Waals surface area contributed by atoms with E-state index in [0.717, 1.165) is 0 Å². The highest BCUT2D eigenvalue weighted by Gasteiger charge is 2.12. The number of hydrogen-bond acceptors (Lipinski definition) is 6. The third-order valence-electron chi connectivity index (χ3n) is 3.10. The highest BCUT2D eigenvalue weighted by Crippen LogP contribution is 2.23. The molecular weight excluding hydrogens is 306 g/mol. The van der Waals surface area contributed by atoms with E-state index in [-0.39, 0.29) is 13.2 Å². The van der Waals surface area contributed by atoms with Crippen LogP contribution in [-0.2, 0) is 6.54 Å². The van der Waals surface area contributed by atoms with Crippen LogP contribution in [0.4, 0.5) is 5.82 Å². The zero-order valence-corrected chi connectivity index (χ0v) is 12.3. The second-order valence-corrected chi connectivity index (χ2v) is 5.13. The summed E-state index contributed by atoms with van der Waals surface area (Å²) >= 11 is 5.99. The number of aromatic nitrogens is 4. The largest absolute Gasteiger partial charge is 0.489 e. The summed E-state index contributed by atoms with van der Waals surface area (Å²) < 4.78 is 7.21. The van der Waals surface area contributed by atoms with E-state index in [1.165, 1.54) is 6.33 Å². The van der Waals surface area contributed by atoms with Crippen molar-refractivity contribution in [1.82, 2.24) is 19.5 Å². The van der Waals surface area contributed by atoms with Gasteiger partial charge in [0.1, 0.15) is 30.3 Å². The average molecular weight is 320 g/mol. The molecule has 0 aliphatic heterocycles. The standard InChI is InChI=1S/C14H14ClN5O2/c15-10-3-1-2-4-11(10)22-6-9(21)5-20-8-19-12-13(16)17-7-18-14(12)20/h1-4,7-9,21H,5-6H2,(H2,16,17,18). The molecule has 0 aliphatic rings. The number of nitrogen functional groups attached to an aromatic ring is 1. The number of benzene rings is 1. The van der Waals surface area contributed by atoms with Gasteiger partial charge in [-0.15, -0.1) is 0 Å².